The molecule has 0 aliphatic carbocycles. The van der Waals surface area contributed by atoms with Gasteiger partial charge in [-0.3, -0.25) is 0 Å². The lowest BCUT2D eigenvalue weighted by Crippen LogP contribution is -2.31. The molecule has 120 valence electrons. The third-order valence-electron chi connectivity index (χ3n) is 3.14. The maximum atomic E-state index is 12.0. The lowest BCUT2D eigenvalue weighted by molar-refractivity contribution is 0.0484. The third-order valence-corrected chi connectivity index (χ3v) is 4.77. The molecule has 1 atom stereocenters. The van der Waals surface area contributed by atoms with E-state index in [1.165, 1.54) is 6.20 Å². The molecule has 1 aromatic heterocycles. The van der Waals surface area contributed by atoms with E-state index in [-0.39, 0.29) is 18.7 Å². The SMILES string of the molecule is O=C1NC[C@H](COC(=O)c2cnc(-c3c(Cl)cccc3Cl)s2)N1. The van der Waals surface area contributed by atoms with E-state index in [4.69, 9.17) is 27.9 Å². The Morgan fingerprint density at radius 3 is 2.78 bits per heavy atom. The van der Waals surface area contributed by atoms with Crippen molar-refractivity contribution in [3.8, 4) is 10.6 Å². The van der Waals surface area contributed by atoms with Gasteiger partial charge in [0.05, 0.1) is 22.3 Å². The Hall–Kier alpha value is -1.83. The molecular weight excluding hydrogens is 361 g/mol. The van der Waals surface area contributed by atoms with Gasteiger partial charge >= 0.3 is 12.0 Å². The molecule has 2 aromatic rings. The molecule has 2 N–H and O–H groups in total. The van der Waals surface area contributed by atoms with Gasteiger partial charge in [-0.25, -0.2) is 14.6 Å². The van der Waals surface area contributed by atoms with Crippen molar-refractivity contribution < 1.29 is 14.3 Å². The number of amides is 2. The molecule has 1 aromatic carbocycles. The summed E-state index contributed by atoms with van der Waals surface area (Å²) in [6.45, 7) is 0.521. The molecule has 1 aliphatic heterocycles. The number of aromatic nitrogens is 1. The number of benzene rings is 1. The number of ether oxygens (including phenoxy) is 1. The van der Waals surface area contributed by atoms with Gasteiger partial charge < -0.3 is 15.4 Å². The van der Waals surface area contributed by atoms with E-state index in [0.29, 0.717) is 32.0 Å². The molecule has 23 heavy (non-hydrogen) atoms. The highest BCUT2D eigenvalue weighted by molar-refractivity contribution is 7.17. The van der Waals surface area contributed by atoms with Gasteiger partial charge in [0.15, 0.2) is 0 Å². The maximum absolute atomic E-state index is 12.0. The zero-order valence-corrected chi connectivity index (χ0v) is 14.0. The minimum atomic E-state index is -0.502. The van der Waals surface area contributed by atoms with Crippen LogP contribution in [0.25, 0.3) is 10.6 Å². The van der Waals surface area contributed by atoms with E-state index in [1.807, 2.05) is 0 Å². The Labute approximate surface area is 145 Å². The first-order valence-corrected chi connectivity index (χ1v) is 8.23. The van der Waals surface area contributed by atoms with Crippen molar-refractivity contribution in [1.29, 1.82) is 0 Å². The molecule has 9 heteroatoms. The zero-order valence-electron chi connectivity index (χ0n) is 11.6. The van der Waals surface area contributed by atoms with Crippen LogP contribution in [0.3, 0.4) is 0 Å². The number of hydrogen-bond acceptors (Lipinski definition) is 5. The molecule has 1 saturated heterocycles. The molecule has 1 aliphatic rings. The number of carbonyl (C=O) groups excluding carboxylic acids is 2. The quantitative estimate of drug-likeness (QED) is 0.809. The predicted octanol–water partition coefficient (Wildman–Crippen LogP) is 2.96. The monoisotopic (exact) mass is 371 g/mol. The average Bonchev–Trinajstić information content (AvgIpc) is 3.14. The molecule has 0 bridgehead atoms. The van der Waals surface area contributed by atoms with Crippen LogP contribution in [-0.2, 0) is 4.74 Å². The van der Waals surface area contributed by atoms with Gasteiger partial charge in [0.25, 0.3) is 0 Å². The summed E-state index contributed by atoms with van der Waals surface area (Å²) >= 11 is 13.4. The number of esters is 1. The molecule has 6 nitrogen and oxygen atoms in total. The zero-order chi connectivity index (χ0) is 16.4. The maximum Gasteiger partial charge on any atom is 0.350 e. The van der Waals surface area contributed by atoms with Gasteiger partial charge in [-0.05, 0) is 12.1 Å². The van der Waals surface area contributed by atoms with Crippen molar-refractivity contribution in [2.75, 3.05) is 13.2 Å². The summed E-state index contributed by atoms with van der Waals surface area (Å²) in [7, 11) is 0. The van der Waals surface area contributed by atoms with Crippen LogP contribution in [0.5, 0.6) is 0 Å². The van der Waals surface area contributed by atoms with Gasteiger partial charge in [-0.15, -0.1) is 11.3 Å². The van der Waals surface area contributed by atoms with Crippen molar-refractivity contribution in [2.24, 2.45) is 0 Å². The number of carbonyl (C=O) groups is 2. The molecule has 0 radical (unpaired) electrons. The molecule has 3 rings (SSSR count). The second kappa shape index (κ2) is 6.74. The minimum Gasteiger partial charge on any atom is -0.459 e. The van der Waals surface area contributed by atoms with Gasteiger partial charge in [-0.2, -0.15) is 0 Å². The highest BCUT2D eigenvalue weighted by Gasteiger charge is 2.22. The van der Waals surface area contributed by atoms with Crippen LogP contribution >= 0.6 is 34.5 Å². The third kappa shape index (κ3) is 3.57. The number of urea groups is 1. The fourth-order valence-electron chi connectivity index (χ4n) is 2.04. The van der Waals surface area contributed by atoms with Crippen LogP contribution in [0, 0.1) is 0 Å². The fraction of sp³-hybridized carbons (Fsp3) is 0.214. The van der Waals surface area contributed by atoms with Gasteiger partial charge in [-0.1, -0.05) is 29.3 Å². The van der Waals surface area contributed by atoms with Crippen molar-refractivity contribution >= 4 is 46.5 Å². The van der Waals surface area contributed by atoms with E-state index in [0.717, 1.165) is 11.3 Å². The molecule has 2 heterocycles. The van der Waals surface area contributed by atoms with Gasteiger partial charge in [0.1, 0.15) is 16.5 Å². The lowest BCUT2D eigenvalue weighted by atomic mass is 10.2. The first-order chi connectivity index (χ1) is 11.0. The first-order valence-electron chi connectivity index (χ1n) is 6.66. The summed E-state index contributed by atoms with van der Waals surface area (Å²) in [5.74, 6) is -0.502. The summed E-state index contributed by atoms with van der Waals surface area (Å²) in [6, 6.07) is 4.66. The first kappa shape index (κ1) is 16.0. The number of thiazole rings is 1. The number of hydrogen-bond donors (Lipinski definition) is 2. The summed E-state index contributed by atoms with van der Waals surface area (Å²) < 4.78 is 5.18. The number of halogens is 2. The van der Waals surface area contributed by atoms with Crippen molar-refractivity contribution in [3.05, 3.63) is 39.3 Å². The molecule has 1 fully saturated rings. The number of rotatable bonds is 4. The van der Waals surface area contributed by atoms with E-state index in [1.54, 1.807) is 18.2 Å². The Balaban J connectivity index is 1.69. The molecular formula is C14H11Cl2N3O3S. The minimum absolute atomic E-state index is 0.0949. The highest BCUT2D eigenvalue weighted by Crippen LogP contribution is 2.36. The smallest absolute Gasteiger partial charge is 0.350 e. The van der Waals surface area contributed by atoms with Crippen molar-refractivity contribution in [2.45, 2.75) is 6.04 Å². The van der Waals surface area contributed by atoms with E-state index < -0.39 is 5.97 Å². The van der Waals surface area contributed by atoms with Crippen molar-refractivity contribution in [1.82, 2.24) is 15.6 Å². The molecule has 2 amide bonds. The average molecular weight is 372 g/mol. The van der Waals surface area contributed by atoms with Crippen molar-refractivity contribution in [3.63, 3.8) is 0 Å². The summed E-state index contributed by atoms with van der Waals surface area (Å²) in [5.41, 5.74) is 0.590. The number of nitrogens with one attached hydrogen (secondary N) is 2. The van der Waals surface area contributed by atoms with Gasteiger partial charge in [0, 0.05) is 12.1 Å². The van der Waals surface area contributed by atoms with Gasteiger partial charge in [0.2, 0.25) is 0 Å². The van der Waals surface area contributed by atoms with Crippen LogP contribution in [0.1, 0.15) is 9.67 Å². The summed E-state index contributed by atoms with van der Waals surface area (Å²) in [4.78, 5) is 27.6. The molecule has 0 saturated carbocycles. The van der Waals surface area contributed by atoms with Crippen LogP contribution in [0.2, 0.25) is 10.0 Å². The van der Waals surface area contributed by atoms with Crippen LogP contribution in [0.15, 0.2) is 24.4 Å². The predicted molar refractivity (Wildman–Crippen MR) is 88.2 cm³/mol. The van der Waals surface area contributed by atoms with Crippen LogP contribution < -0.4 is 10.6 Å². The Morgan fingerprint density at radius 2 is 2.13 bits per heavy atom. The summed E-state index contributed by atoms with van der Waals surface area (Å²) in [5, 5.41) is 6.70. The Bertz CT molecular complexity index is 745. The second-order valence-electron chi connectivity index (χ2n) is 4.78. The largest absolute Gasteiger partial charge is 0.459 e. The standard InChI is InChI=1S/C14H11Cl2N3O3S/c15-8-2-1-3-9(16)11(8)12-17-5-10(23-12)13(20)22-6-7-4-18-14(21)19-7/h1-3,5,7H,4,6H2,(H2,18,19,21)/t7-/m1/s1. The molecule has 0 unspecified atom stereocenters. The van der Waals surface area contributed by atoms with E-state index >= 15 is 0 Å². The topological polar surface area (TPSA) is 80.3 Å². The van der Waals surface area contributed by atoms with E-state index in [2.05, 4.69) is 15.6 Å². The van der Waals surface area contributed by atoms with Crippen LogP contribution in [0.4, 0.5) is 4.79 Å². The number of nitrogens with zero attached hydrogens (tertiary/aromatic N) is 1. The second-order valence-corrected chi connectivity index (χ2v) is 6.62. The van der Waals surface area contributed by atoms with Crippen LogP contribution in [-0.4, -0.2) is 36.2 Å². The fourth-order valence-corrected chi connectivity index (χ4v) is 3.61. The highest BCUT2D eigenvalue weighted by atomic mass is 35.5. The summed E-state index contributed by atoms with van der Waals surface area (Å²) in [6.07, 6.45) is 1.42. The normalized spacial score (nSPS) is 16.8. The molecule has 0 spiro atoms. The Kier molecular flexibility index (Phi) is 4.70. The van der Waals surface area contributed by atoms with E-state index in [9.17, 15) is 9.59 Å². The lowest BCUT2D eigenvalue weighted by Gasteiger charge is -2.08. The Morgan fingerprint density at radius 1 is 1.39 bits per heavy atom.